The van der Waals surface area contributed by atoms with Gasteiger partial charge in [0.15, 0.2) is 0 Å². The first-order valence-electron chi connectivity index (χ1n) is 6.42. The van der Waals surface area contributed by atoms with E-state index < -0.39 is 0 Å². The largest absolute Gasteiger partial charge is 0.494 e. The van der Waals surface area contributed by atoms with Crippen LogP contribution in [-0.4, -0.2) is 11.6 Å². The Hall–Kier alpha value is -1.91. The number of nitrogens with zero attached hydrogens (tertiary/aromatic N) is 1. The highest BCUT2D eigenvalue weighted by Gasteiger charge is 2.11. The fourth-order valence-corrected chi connectivity index (χ4v) is 1.96. The average molecular weight is 257 g/mol. The normalized spacial score (nSPS) is 12.1. The summed E-state index contributed by atoms with van der Waals surface area (Å²) in [5.74, 6) is 6.52. The monoisotopic (exact) mass is 257 g/mol. The average Bonchev–Trinajstić information content (AvgIpc) is 2.47. The minimum Gasteiger partial charge on any atom is -0.494 e. The number of ether oxygens (including phenoxy) is 1. The molecule has 3 N–H and O–H groups in total. The molecular weight excluding hydrogens is 238 g/mol. The van der Waals surface area contributed by atoms with Crippen LogP contribution in [0.25, 0.3) is 0 Å². The van der Waals surface area contributed by atoms with Crippen LogP contribution in [0.3, 0.4) is 0 Å². The number of hydrogen-bond donors (Lipinski definition) is 2. The number of hydrazine groups is 1. The zero-order valence-corrected chi connectivity index (χ0v) is 11.0. The third kappa shape index (κ3) is 3.77. The highest BCUT2D eigenvalue weighted by atomic mass is 16.5. The molecule has 1 unspecified atom stereocenters. The molecule has 0 fully saturated rings. The Morgan fingerprint density at radius 2 is 2.00 bits per heavy atom. The predicted molar refractivity (Wildman–Crippen MR) is 75.6 cm³/mol. The first kappa shape index (κ1) is 13.5. The third-order valence-electron chi connectivity index (χ3n) is 2.93. The van der Waals surface area contributed by atoms with E-state index in [1.54, 1.807) is 6.20 Å². The third-order valence-corrected chi connectivity index (χ3v) is 2.93. The van der Waals surface area contributed by atoms with Gasteiger partial charge >= 0.3 is 0 Å². The number of nitrogens with one attached hydrogen (secondary N) is 1. The Bertz CT molecular complexity index is 485. The molecule has 0 spiro atoms. The number of nitrogens with two attached hydrogens (primary N) is 1. The molecule has 2 rings (SSSR count). The Kier molecular flexibility index (Phi) is 4.89. The van der Waals surface area contributed by atoms with Gasteiger partial charge in [-0.15, -0.1) is 0 Å². The summed E-state index contributed by atoms with van der Waals surface area (Å²) in [5, 5.41) is 0. The minimum atomic E-state index is 0.0468. The lowest BCUT2D eigenvalue weighted by Crippen LogP contribution is -2.29. The molecule has 1 aromatic heterocycles. The second-order valence-corrected chi connectivity index (χ2v) is 4.25. The molecule has 0 radical (unpaired) electrons. The van der Waals surface area contributed by atoms with Crippen molar-refractivity contribution < 1.29 is 4.74 Å². The molecule has 1 heterocycles. The maximum Gasteiger partial charge on any atom is 0.119 e. The van der Waals surface area contributed by atoms with E-state index in [-0.39, 0.29) is 6.04 Å². The van der Waals surface area contributed by atoms with Crippen LogP contribution in [0.15, 0.2) is 48.7 Å². The second-order valence-electron chi connectivity index (χ2n) is 4.25. The summed E-state index contributed by atoms with van der Waals surface area (Å²) in [7, 11) is 0. The lowest BCUT2D eigenvalue weighted by Gasteiger charge is -2.16. The zero-order chi connectivity index (χ0) is 13.5. The van der Waals surface area contributed by atoms with Crippen molar-refractivity contribution in [2.45, 2.75) is 19.4 Å². The lowest BCUT2D eigenvalue weighted by molar-refractivity contribution is 0.340. The van der Waals surface area contributed by atoms with E-state index in [1.165, 1.54) is 0 Å². The standard InChI is InChI=1S/C15H19N3O/c1-2-19-14-8-6-12(7-9-14)15(18-16)11-13-5-3-4-10-17-13/h3-10,15,18H,2,11,16H2,1H3. The van der Waals surface area contributed by atoms with Gasteiger partial charge in [-0.3, -0.25) is 16.3 Å². The molecule has 0 amide bonds. The molecular formula is C15H19N3O. The van der Waals surface area contributed by atoms with E-state index in [0.29, 0.717) is 6.61 Å². The number of rotatable bonds is 6. The van der Waals surface area contributed by atoms with Gasteiger partial charge in [0.25, 0.3) is 0 Å². The molecule has 1 atom stereocenters. The number of aromatic nitrogens is 1. The lowest BCUT2D eigenvalue weighted by atomic mass is 10.0. The summed E-state index contributed by atoms with van der Waals surface area (Å²) in [6.45, 7) is 2.64. The van der Waals surface area contributed by atoms with Crippen molar-refractivity contribution in [3.63, 3.8) is 0 Å². The van der Waals surface area contributed by atoms with Crippen molar-refractivity contribution >= 4 is 0 Å². The van der Waals surface area contributed by atoms with Crippen molar-refractivity contribution in [3.05, 3.63) is 59.9 Å². The van der Waals surface area contributed by atoms with Crippen LogP contribution in [-0.2, 0) is 6.42 Å². The maximum atomic E-state index is 5.64. The fraction of sp³-hybridized carbons (Fsp3) is 0.267. The van der Waals surface area contributed by atoms with Gasteiger partial charge in [0, 0.05) is 18.3 Å². The summed E-state index contributed by atoms with van der Waals surface area (Å²) in [6, 6.07) is 13.9. The topological polar surface area (TPSA) is 60.2 Å². The van der Waals surface area contributed by atoms with Gasteiger partial charge in [0.1, 0.15) is 5.75 Å². The van der Waals surface area contributed by atoms with Gasteiger partial charge < -0.3 is 4.74 Å². The van der Waals surface area contributed by atoms with Crippen LogP contribution in [0.4, 0.5) is 0 Å². The summed E-state index contributed by atoms with van der Waals surface area (Å²) in [4.78, 5) is 4.32. The summed E-state index contributed by atoms with van der Waals surface area (Å²) in [5.41, 5.74) is 4.97. The molecule has 19 heavy (non-hydrogen) atoms. The number of pyridine rings is 1. The maximum absolute atomic E-state index is 5.64. The van der Waals surface area contributed by atoms with Crippen LogP contribution in [0.2, 0.25) is 0 Å². The van der Waals surface area contributed by atoms with Crippen LogP contribution in [0, 0.1) is 0 Å². The van der Waals surface area contributed by atoms with E-state index in [9.17, 15) is 0 Å². The molecule has 0 aliphatic rings. The molecule has 0 aliphatic carbocycles. The van der Waals surface area contributed by atoms with Gasteiger partial charge in [-0.05, 0) is 36.8 Å². The van der Waals surface area contributed by atoms with Crippen molar-refractivity contribution in [2.75, 3.05) is 6.61 Å². The molecule has 2 aromatic rings. The molecule has 0 saturated carbocycles. The fourth-order valence-electron chi connectivity index (χ4n) is 1.96. The molecule has 4 nitrogen and oxygen atoms in total. The highest BCUT2D eigenvalue weighted by molar-refractivity contribution is 5.29. The Balaban J connectivity index is 2.08. The molecule has 0 bridgehead atoms. The first-order valence-corrected chi connectivity index (χ1v) is 6.42. The van der Waals surface area contributed by atoms with Crippen molar-refractivity contribution in [2.24, 2.45) is 5.84 Å². The first-order chi connectivity index (χ1) is 9.33. The zero-order valence-electron chi connectivity index (χ0n) is 11.0. The van der Waals surface area contributed by atoms with Gasteiger partial charge in [0.05, 0.1) is 12.6 Å². The highest BCUT2D eigenvalue weighted by Crippen LogP contribution is 2.20. The minimum absolute atomic E-state index is 0.0468. The summed E-state index contributed by atoms with van der Waals surface area (Å²) < 4.78 is 5.43. The van der Waals surface area contributed by atoms with Crippen molar-refractivity contribution in [1.82, 2.24) is 10.4 Å². The van der Waals surface area contributed by atoms with Crippen LogP contribution < -0.4 is 16.0 Å². The van der Waals surface area contributed by atoms with Crippen molar-refractivity contribution in [1.29, 1.82) is 0 Å². The predicted octanol–water partition coefficient (Wildman–Crippen LogP) is 2.23. The Morgan fingerprint density at radius 1 is 1.21 bits per heavy atom. The van der Waals surface area contributed by atoms with E-state index in [1.807, 2.05) is 49.4 Å². The molecule has 100 valence electrons. The number of benzene rings is 1. The Labute approximate surface area is 113 Å². The SMILES string of the molecule is CCOc1ccc(C(Cc2ccccn2)NN)cc1. The molecule has 0 saturated heterocycles. The van der Waals surface area contributed by atoms with E-state index in [0.717, 1.165) is 23.4 Å². The van der Waals surface area contributed by atoms with Crippen LogP contribution in [0.5, 0.6) is 5.75 Å². The van der Waals surface area contributed by atoms with Crippen LogP contribution >= 0.6 is 0 Å². The molecule has 0 aliphatic heterocycles. The quantitative estimate of drug-likeness (QED) is 0.615. The molecule has 4 heteroatoms. The summed E-state index contributed by atoms with van der Waals surface area (Å²) in [6.07, 6.45) is 2.55. The smallest absolute Gasteiger partial charge is 0.119 e. The van der Waals surface area contributed by atoms with Crippen molar-refractivity contribution in [3.8, 4) is 5.75 Å². The van der Waals surface area contributed by atoms with Gasteiger partial charge in [0.2, 0.25) is 0 Å². The van der Waals surface area contributed by atoms with Gasteiger partial charge in [-0.25, -0.2) is 0 Å². The Morgan fingerprint density at radius 3 is 2.58 bits per heavy atom. The van der Waals surface area contributed by atoms with Gasteiger partial charge in [-0.2, -0.15) is 0 Å². The van der Waals surface area contributed by atoms with E-state index in [2.05, 4.69) is 10.4 Å². The van der Waals surface area contributed by atoms with E-state index >= 15 is 0 Å². The number of hydrogen-bond acceptors (Lipinski definition) is 4. The van der Waals surface area contributed by atoms with Gasteiger partial charge in [-0.1, -0.05) is 18.2 Å². The van der Waals surface area contributed by atoms with E-state index in [4.69, 9.17) is 10.6 Å². The summed E-state index contributed by atoms with van der Waals surface area (Å²) >= 11 is 0. The second kappa shape index (κ2) is 6.87. The molecule has 1 aromatic carbocycles. The van der Waals surface area contributed by atoms with Crippen LogP contribution in [0.1, 0.15) is 24.2 Å².